The van der Waals surface area contributed by atoms with Crippen LogP contribution in [0.3, 0.4) is 0 Å². The minimum absolute atomic E-state index is 0.124. The molecule has 0 atom stereocenters. The largest absolute Gasteiger partial charge is 0.493 e. The van der Waals surface area contributed by atoms with Gasteiger partial charge in [0.1, 0.15) is 11.2 Å². The van der Waals surface area contributed by atoms with Crippen molar-refractivity contribution in [3.8, 4) is 11.8 Å². The van der Waals surface area contributed by atoms with Gasteiger partial charge in [-0.1, -0.05) is 5.16 Å². The highest BCUT2D eigenvalue weighted by atomic mass is 32.2. The summed E-state index contributed by atoms with van der Waals surface area (Å²) in [6.07, 6.45) is -9.27. The van der Waals surface area contributed by atoms with E-state index in [9.17, 15) is 61.9 Å². The van der Waals surface area contributed by atoms with Crippen LogP contribution >= 0.6 is 0 Å². The van der Waals surface area contributed by atoms with Crippen LogP contribution in [0.4, 0.5) is 35.1 Å². The molecule has 0 bridgehead atoms. The molecule has 13 nitrogen and oxygen atoms in total. The van der Waals surface area contributed by atoms with Crippen molar-refractivity contribution in [3.05, 3.63) is 51.8 Å². The monoisotopic (exact) mass is 753 g/mol. The number of ether oxygens (including phenoxy) is 1. The number of hydrogen-bond donors (Lipinski definition) is 1. The third kappa shape index (κ3) is 8.85. The molecule has 1 N–H and O–H groups in total. The van der Waals surface area contributed by atoms with Crippen LogP contribution in [-0.2, 0) is 56.7 Å². The first-order valence-electron chi connectivity index (χ1n) is 13.3. The van der Waals surface area contributed by atoms with Crippen molar-refractivity contribution in [2.75, 3.05) is 6.26 Å². The molecule has 0 fully saturated rings. The van der Waals surface area contributed by atoms with Crippen LogP contribution in [0, 0.1) is 6.92 Å². The number of carbonyl (C=O) groups is 1. The van der Waals surface area contributed by atoms with E-state index in [2.05, 4.69) is 20.1 Å². The molecular formula is C26H27F8N5O8S2. The Morgan fingerprint density at radius 3 is 2.06 bits per heavy atom. The third-order valence-electron chi connectivity index (χ3n) is 6.59. The first-order chi connectivity index (χ1) is 22.1. The van der Waals surface area contributed by atoms with Gasteiger partial charge >= 0.3 is 19.0 Å². The Morgan fingerprint density at radius 1 is 1.04 bits per heavy atom. The standard InChI is InChI=1S/C14H13F3N2O4S.C12H14F5N3O4S/c1-7-11(13(21)19(2)18-7)12(20)9-5-4-8(14(15,16)17)6-10(9)24(3,22)23;1-11(2)4-7(19-24-11)25(21,22)5-6-8(12(15,16)17)18-20(3)9(6)23-10(13)14/h4-6,21H,1-3H3;10H,4-5H2,1-3H3. The molecule has 3 heterocycles. The number of hydrogen-bond acceptors (Lipinski definition) is 11. The van der Waals surface area contributed by atoms with E-state index in [4.69, 9.17) is 4.84 Å². The highest BCUT2D eigenvalue weighted by molar-refractivity contribution is 8.05. The van der Waals surface area contributed by atoms with E-state index in [0.29, 0.717) is 23.1 Å². The normalized spacial score (nSPS) is 15.0. The lowest BCUT2D eigenvalue weighted by Gasteiger charge is -2.13. The number of ketones is 1. The maximum absolute atomic E-state index is 13.1. The van der Waals surface area contributed by atoms with Gasteiger partial charge in [-0.2, -0.15) is 45.3 Å². The molecule has 23 heteroatoms. The predicted molar refractivity (Wildman–Crippen MR) is 152 cm³/mol. The summed E-state index contributed by atoms with van der Waals surface area (Å²) in [4.78, 5) is 16.7. The van der Waals surface area contributed by atoms with Crippen LogP contribution in [0.2, 0.25) is 0 Å². The summed E-state index contributed by atoms with van der Waals surface area (Å²) in [6, 6.07) is 1.81. The predicted octanol–water partition coefficient (Wildman–Crippen LogP) is 4.55. The molecule has 0 spiro atoms. The molecular weight excluding hydrogens is 726 g/mol. The lowest BCUT2D eigenvalue weighted by Crippen LogP contribution is -2.24. The van der Waals surface area contributed by atoms with Crippen molar-refractivity contribution in [1.82, 2.24) is 19.6 Å². The van der Waals surface area contributed by atoms with Crippen LogP contribution in [-0.4, -0.2) is 70.8 Å². The topological polar surface area (TPSA) is 172 Å². The Balaban J connectivity index is 0.000000266. The van der Waals surface area contributed by atoms with Gasteiger partial charge in [-0.05, 0) is 39.0 Å². The second-order valence-corrected chi connectivity index (χ2v) is 15.1. The fraction of sp³-hybridized carbons (Fsp3) is 0.462. The summed E-state index contributed by atoms with van der Waals surface area (Å²) in [5.74, 6) is -3.66. The SMILES string of the molecule is Cc1nn(C)c(O)c1C(=O)c1ccc(C(F)(F)F)cc1S(C)(=O)=O.Cn1nc(C(F)(F)F)c(CS(=O)(=O)C2=NOC(C)(C)C2)c1OC(F)F. The second-order valence-electron chi connectivity index (χ2n) is 11.1. The number of aryl methyl sites for hydroxylation is 3. The van der Waals surface area contributed by atoms with Crippen LogP contribution < -0.4 is 4.74 Å². The minimum Gasteiger partial charge on any atom is -0.493 e. The van der Waals surface area contributed by atoms with Crippen LogP contribution in [0.1, 0.15) is 58.7 Å². The minimum atomic E-state index is -5.06. The lowest BCUT2D eigenvalue weighted by molar-refractivity contribution is -0.142. The van der Waals surface area contributed by atoms with Gasteiger partial charge in [0.25, 0.3) is 0 Å². The highest BCUT2D eigenvalue weighted by Gasteiger charge is 2.43. The van der Waals surface area contributed by atoms with E-state index in [1.165, 1.54) is 27.8 Å². The lowest BCUT2D eigenvalue weighted by atomic mass is 10.0. The van der Waals surface area contributed by atoms with Crippen molar-refractivity contribution < 1.29 is 71.4 Å². The zero-order valence-electron chi connectivity index (χ0n) is 26.1. The van der Waals surface area contributed by atoms with Crippen LogP contribution in [0.15, 0.2) is 28.3 Å². The zero-order chi connectivity index (χ0) is 37.7. The Morgan fingerprint density at radius 2 is 1.63 bits per heavy atom. The molecule has 2 aromatic heterocycles. The van der Waals surface area contributed by atoms with E-state index in [0.717, 1.165) is 17.8 Å². The quantitative estimate of drug-likeness (QED) is 0.267. The fourth-order valence-electron chi connectivity index (χ4n) is 4.42. The molecule has 3 aromatic rings. The van der Waals surface area contributed by atoms with Gasteiger partial charge in [0.2, 0.25) is 17.5 Å². The number of sulfone groups is 2. The van der Waals surface area contributed by atoms with Crippen molar-refractivity contribution in [2.45, 2.75) is 62.4 Å². The first-order valence-corrected chi connectivity index (χ1v) is 16.9. The second kappa shape index (κ2) is 13.2. The van der Waals surface area contributed by atoms with Crippen molar-refractivity contribution in [1.29, 1.82) is 0 Å². The summed E-state index contributed by atoms with van der Waals surface area (Å²) in [6.45, 7) is 1.03. The Kier molecular flexibility index (Phi) is 10.6. The van der Waals surface area contributed by atoms with E-state index in [1.54, 1.807) is 0 Å². The Hall–Kier alpha value is -4.28. The van der Waals surface area contributed by atoms with Gasteiger partial charge in [0.05, 0.1) is 27.5 Å². The maximum Gasteiger partial charge on any atom is 0.435 e. The number of rotatable bonds is 7. The fourth-order valence-corrected chi connectivity index (χ4v) is 6.85. The molecule has 4 rings (SSSR count). The number of aromatic hydroxyl groups is 1. The third-order valence-corrected chi connectivity index (χ3v) is 9.34. The van der Waals surface area contributed by atoms with Crippen LogP contribution in [0.5, 0.6) is 11.8 Å². The maximum atomic E-state index is 13.1. The number of halogens is 8. The van der Waals surface area contributed by atoms with E-state index < -0.39 is 99.9 Å². The average molecular weight is 754 g/mol. The Labute approximate surface area is 272 Å². The molecule has 0 radical (unpaired) electrons. The van der Waals surface area contributed by atoms with E-state index in [1.807, 2.05) is 0 Å². The van der Waals surface area contributed by atoms with Gasteiger partial charge in [-0.15, -0.1) is 0 Å². The van der Waals surface area contributed by atoms with Gasteiger partial charge in [-0.3, -0.25) is 4.79 Å². The van der Waals surface area contributed by atoms with E-state index in [-0.39, 0.29) is 17.7 Å². The molecule has 0 saturated heterocycles. The van der Waals surface area contributed by atoms with Gasteiger partial charge < -0.3 is 14.7 Å². The van der Waals surface area contributed by atoms with Crippen LogP contribution in [0.25, 0.3) is 0 Å². The molecule has 1 aromatic carbocycles. The zero-order valence-corrected chi connectivity index (χ0v) is 27.7. The summed E-state index contributed by atoms with van der Waals surface area (Å²) in [5.41, 5.74) is -5.35. The molecule has 1 aliphatic heterocycles. The van der Waals surface area contributed by atoms with Gasteiger partial charge in [0.15, 0.2) is 30.4 Å². The molecule has 0 unspecified atom stereocenters. The average Bonchev–Trinajstić information content (AvgIpc) is 3.54. The van der Waals surface area contributed by atoms with Gasteiger partial charge in [0, 0.05) is 32.3 Å². The van der Waals surface area contributed by atoms with E-state index >= 15 is 0 Å². The van der Waals surface area contributed by atoms with Crippen molar-refractivity contribution in [2.24, 2.45) is 19.3 Å². The number of benzene rings is 1. The van der Waals surface area contributed by atoms with Crippen molar-refractivity contribution in [3.63, 3.8) is 0 Å². The summed E-state index contributed by atoms with van der Waals surface area (Å²) in [7, 11) is -6.19. The smallest absolute Gasteiger partial charge is 0.435 e. The summed E-state index contributed by atoms with van der Waals surface area (Å²) < 4.78 is 157. The highest BCUT2D eigenvalue weighted by Crippen LogP contribution is 2.38. The molecule has 1 aliphatic rings. The van der Waals surface area contributed by atoms with Crippen molar-refractivity contribution >= 4 is 30.5 Å². The number of alkyl halides is 8. The number of aromatic nitrogens is 4. The first kappa shape index (κ1) is 39.2. The molecule has 272 valence electrons. The summed E-state index contributed by atoms with van der Waals surface area (Å²) in [5, 5.41) is 19.7. The Bertz CT molecular complexity index is 2020. The molecule has 0 amide bonds. The molecule has 49 heavy (non-hydrogen) atoms. The summed E-state index contributed by atoms with van der Waals surface area (Å²) >= 11 is 0. The number of oxime groups is 1. The molecule has 0 saturated carbocycles. The number of nitrogens with zero attached hydrogens (tertiary/aromatic N) is 5. The number of carbonyl (C=O) groups excluding carboxylic acids is 1. The van der Waals surface area contributed by atoms with Gasteiger partial charge in [-0.25, -0.2) is 26.2 Å². The molecule has 0 aliphatic carbocycles.